The Kier molecular flexibility index (Phi) is 4.21. The Morgan fingerprint density at radius 3 is 2.59 bits per heavy atom. The van der Waals surface area contributed by atoms with E-state index < -0.39 is 0 Å². The van der Waals surface area contributed by atoms with Crippen LogP contribution in [-0.2, 0) is 13.5 Å². The number of rotatable bonds is 3. The number of aromatic nitrogens is 2. The molecule has 0 saturated heterocycles. The van der Waals surface area contributed by atoms with Gasteiger partial charge in [0.1, 0.15) is 0 Å². The van der Waals surface area contributed by atoms with Crippen LogP contribution in [-0.4, -0.2) is 15.8 Å². The fourth-order valence-electron chi connectivity index (χ4n) is 2.95. The van der Waals surface area contributed by atoms with Crippen molar-refractivity contribution in [3.05, 3.63) is 17.5 Å². The van der Waals surface area contributed by atoms with Crippen LogP contribution in [0.4, 0.5) is 0 Å². The van der Waals surface area contributed by atoms with Gasteiger partial charge < -0.3 is 5.73 Å². The first-order chi connectivity index (χ1) is 8.16. The summed E-state index contributed by atoms with van der Waals surface area (Å²) in [5.41, 5.74) is 8.61. The number of aryl methyl sites for hydroxylation is 1. The maximum absolute atomic E-state index is 5.91. The SMILES string of the molecule is CC(N)Cc1nn(C)cc1C1CCCCCC1. The Balaban J connectivity index is 2.17. The van der Waals surface area contributed by atoms with Gasteiger partial charge in [0.2, 0.25) is 0 Å². The van der Waals surface area contributed by atoms with Crippen molar-refractivity contribution in [2.45, 2.75) is 63.8 Å². The Morgan fingerprint density at radius 1 is 1.35 bits per heavy atom. The molecular formula is C14H25N3. The third-order valence-electron chi connectivity index (χ3n) is 3.75. The van der Waals surface area contributed by atoms with Gasteiger partial charge in [0, 0.05) is 25.7 Å². The minimum absolute atomic E-state index is 0.203. The first-order valence-electron chi connectivity index (χ1n) is 6.95. The van der Waals surface area contributed by atoms with E-state index in [9.17, 15) is 0 Å². The lowest BCUT2D eigenvalue weighted by atomic mass is 9.91. The van der Waals surface area contributed by atoms with Gasteiger partial charge in [0.15, 0.2) is 0 Å². The van der Waals surface area contributed by atoms with E-state index in [1.54, 1.807) is 0 Å². The third-order valence-corrected chi connectivity index (χ3v) is 3.75. The normalized spacial score (nSPS) is 20.2. The molecule has 3 nitrogen and oxygen atoms in total. The molecule has 17 heavy (non-hydrogen) atoms. The van der Waals surface area contributed by atoms with Gasteiger partial charge >= 0.3 is 0 Å². The van der Waals surface area contributed by atoms with Crippen LogP contribution >= 0.6 is 0 Å². The van der Waals surface area contributed by atoms with Crippen molar-refractivity contribution in [3.63, 3.8) is 0 Å². The van der Waals surface area contributed by atoms with E-state index in [1.165, 1.54) is 49.8 Å². The predicted octanol–water partition coefficient (Wildman–Crippen LogP) is 2.75. The molecule has 2 N–H and O–H groups in total. The summed E-state index contributed by atoms with van der Waals surface area (Å²) in [4.78, 5) is 0. The largest absolute Gasteiger partial charge is 0.328 e. The summed E-state index contributed by atoms with van der Waals surface area (Å²) in [5.74, 6) is 0.722. The zero-order valence-electron chi connectivity index (χ0n) is 11.2. The van der Waals surface area contributed by atoms with Crippen LogP contribution in [0.5, 0.6) is 0 Å². The molecule has 0 aromatic carbocycles. The molecule has 0 bridgehead atoms. The van der Waals surface area contributed by atoms with E-state index in [0.717, 1.165) is 12.3 Å². The van der Waals surface area contributed by atoms with E-state index >= 15 is 0 Å². The van der Waals surface area contributed by atoms with Gasteiger partial charge in [-0.05, 0) is 31.2 Å². The van der Waals surface area contributed by atoms with Gasteiger partial charge in [-0.3, -0.25) is 4.68 Å². The van der Waals surface area contributed by atoms with Crippen LogP contribution in [0.2, 0.25) is 0 Å². The zero-order chi connectivity index (χ0) is 12.3. The van der Waals surface area contributed by atoms with Crippen molar-refractivity contribution < 1.29 is 0 Å². The zero-order valence-corrected chi connectivity index (χ0v) is 11.2. The van der Waals surface area contributed by atoms with E-state index in [1.807, 2.05) is 11.7 Å². The van der Waals surface area contributed by atoms with Crippen molar-refractivity contribution in [3.8, 4) is 0 Å². The summed E-state index contributed by atoms with van der Waals surface area (Å²) < 4.78 is 1.96. The van der Waals surface area contributed by atoms with Crippen molar-refractivity contribution in [2.75, 3.05) is 0 Å². The van der Waals surface area contributed by atoms with Crippen LogP contribution in [0.1, 0.15) is 62.6 Å². The molecule has 1 aliphatic carbocycles. The molecular weight excluding hydrogens is 210 g/mol. The molecule has 0 radical (unpaired) electrons. The van der Waals surface area contributed by atoms with Crippen LogP contribution in [0, 0.1) is 0 Å². The van der Waals surface area contributed by atoms with Crippen LogP contribution in [0.15, 0.2) is 6.20 Å². The Morgan fingerprint density at radius 2 is 2.00 bits per heavy atom. The highest BCUT2D eigenvalue weighted by atomic mass is 15.3. The molecule has 1 aromatic rings. The first kappa shape index (κ1) is 12.6. The van der Waals surface area contributed by atoms with Gasteiger partial charge in [-0.1, -0.05) is 25.7 Å². The molecule has 1 aliphatic rings. The summed E-state index contributed by atoms with van der Waals surface area (Å²) in [6.45, 7) is 2.06. The van der Waals surface area contributed by atoms with Crippen molar-refractivity contribution >= 4 is 0 Å². The van der Waals surface area contributed by atoms with Gasteiger partial charge in [-0.2, -0.15) is 5.10 Å². The van der Waals surface area contributed by atoms with E-state index in [4.69, 9.17) is 5.73 Å². The highest BCUT2D eigenvalue weighted by Gasteiger charge is 2.20. The maximum atomic E-state index is 5.91. The van der Waals surface area contributed by atoms with Crippen molar-refractivity contribution in [1.82, 2.24) is 9.78 Å². The summed E-state index contributed by atoms with van der Waals surface area (Å²) in [7, 11) is 2.02. The van der Waals surface area contributed by atoms with Crippen LogP contribution in [0.25, 0.3) is 0 Å². The van der Waals surface area contributed by atoms with E-state index in [-0.39, 0.29) is 6.04 Å². The Hall–Kier alpha value is -0.830. The minimum atomic E-state index is 0.203. The standard InChI is InChI=1S/C14H25N3/c1-11(15)9-14-13(10-17(2)16-14)12-7-5-3-4-6-8-12/h10-12H,3-9,15H2,1-2H3. The highest BCUT2D eigenvalue weighted by molar-refractivity contribution is 5.23. The highest BCUT2D eigenvalue weighted by Crippen LogP contribution is 2.33. The molecule has 0 aliphatic heterocycles. The second-order valence-corrected chi connectivity index (χ2v) is 5.57. The Bertz CT molecular complexity index is 346. The molecule has 3 heteroatoms. The number of hydrogen-bond acceptors (Lipinski definition) is 2. The Labute approximate surface area is 104 Å². The van der Waals surface area contributed by atoms with Gasteiger partial charge in [-0.25, -0.2) is 0 Å². The number of nitrogens with zero attached hydrogens (tertiary/aromatic N) is 2. The van der Waals surface area contributed by atoms with Gasteiger partial charge in [0.25, 0.3) is 0 Å². The summed E-state index contributed by atoms with van der Waals surface area (Å²) in [6, 6.07) is 0.203. The molecule has 2 rings (SSSR count). The quantitative estimate of drug-likeness (QED) is 0.819. The lowest BCUT2D eigenvalue weighted by Gasteiger charge is -2.14. The average Bonchev–Trinajstić information content (AvgIpc) is 2.52. The van der Waals surface area contributed by atoms with E-state index in [2.05, 4.69) is 18.2 Å². The topological polar surface area (TPSA) is 43.8 Å². The first-order valence-corrected chi connectivity index (χ1v) is 6.95. The molecule has 1 heterocycles. The second-order valence-electron chi connectivity index (χ2n) is 5.57. The van der Waals surface area contributed by atoms with Crippen molar-refractivity contribution in [2.24, 2.45) is 12.8 Å². The second kappa shape index (κ2) is 5.67. The fraction of sp³-hybridized carbons (Fsp3) is 0.786. The molecule has 1 atom stereocenters. The number of hydrogen-bond donors (Lipinski definition) is 1. The summed E-state index contributed by atoms with van der Waals surface area (Å²) in [5, 5.41) is 4.59. The lowest BCUT2D eigenvalue weighted by Crippen LogP contribution is -2.19. The smallest absolute Gasteiger partial charge is 0.0674 e. The molecule has 1 unspecified atom stereocenters. The van der Waals surface area contributed by atoms with Crippen molar-refractivity contribution in [1.29, 1.82) is 0 Å². The molecule has 1 fully saturated rings. The molecule has 96 valence electrons. The molecule has 1 saturated carbocycles. The summed E-state index contributed by atoms with van der Waals surface area (Å²) >= 11 is 0. The fourth-order valence-corrected chi connectivity index (χ4v) is 2.95. The summed E-state index contributed by atoms with van der Waals surface area (Å²) in [6.07, 6.45) is 11.3. The maximum Gasteiger partial charge on any atom is 0.0674 e. The van der Waals surface area contributed by atoms with Crippen LogP contribution in [0.3, 0.4) is 0 Å². The average molecular weight is 235 g/mol. The lowest BCUT2D eigenvalue weighted by molar-refractivity contribution is 0.582. The molecule has 0 amide bonds. The minimum Gasteiger partial charge on any atom is -0.328 e. The molecule has 1 aromatic heterocycles. The van der Waals surface area contributed by atoms with Crippen LogP contribution < -0.4 is 5.73 Å². The molecule has 0 spiro atoms. The van der Waals surface area contributed by atoms with Gasteiger partial charge in [-0.15, -0.1) is 0 Å². The number of nitrogens with two attached hydrogens (primary N) is 1. The van der Waals surface area contributed by atoms with Gasteiger partial charge in [0.05, 0.1) is 5.69 Å². The van der Waals surface area contributed by atoms with E-state index in [0.29, 0.717) is 0 Å². The monoisotopic (exact) mass is 235 g/mol. The third kappa shape index (κ3) is 3.32. The predicted molar refractivity (Wildman–Crippen MR) is 71.0 cm³/mol.